The van der Waals surface area contributed by atoms with Gasteiger partial charge in [0, 0.05) is 5.57 Å². The fraction of sp³-hybridized carbons (Fsp3) is 0.800. The number of rotatable bonds is 3. The molecule has 0 aromatic heterocycles. The van der Waals surface area contributed by atoms with E-state index < -0.39 is 0 Å². The Morgan fingerprint density at radius 3 is 2.06 bits per heavy atom. The van der Waals surface area contributed by atoms with E-state index in [1.165, 1.54) is 44.9 Å². The highest BCUT2D eigenvalue weighted by Gasteiger charge is 2.33. The van der Waals surface area contributed by atoms with Gasteiger partial charge in [-0.3, -0.25) is 0 Å². The summed E-state index contributed by atoms with van der Waals surface area (Å²) >= 11 is 0. The molecule has 1 aliphatic rings. The third-order valence-electron chi connectivity index (χ3n) is 3.79. The Hall–Kier alpha value is -0.790. The molecule has 0 heterocycles. The number of carbonyl (C=O) groups excluding carboxylic acids is 1. The molecule has 1 rings (SSSR count). The molecule has 0 atom stereocenters. The summed E-state index contributed by atoms with van der Waals surface area (Å²) in [5.41, 5.74) is 0.136. The minimum absolute atomic E-state index is 0.253. The smallest absolute Gasteiger partial charge is 0.333 e. The molecule has 0 aliphatic heterocycles. The van der Waals surface area contributed by atoms with Gasteiger partial charge < -0.3 is 4.74 Å². The van der Waals surface area contributed by atoms with Crippen molar-refractivity contribution < 1.29 is 9.53 Å². The third-order valence-corrected chi connectivity index (χ3v) is 3.79. The van der Waals surface area contributed by atoms with Crippen LogP contribution in [0.5, 0.6) is 0 Å². The van der Waals surface area contributed by atoms with Gasteiger partial charge in [-0.15, -0.1) is 0 Å². The number of carbonyl (C=O) groups is 1. The summed E-state index contributed by atoms with van der Waals surface area (Å²) in [5.74, 6) is 0.239. The largest absolute Gasteiger partial charge is 0.456 e. The molecule has 0 amide bonds. The van der Waals surface area contributed by atoms with Gasteiger partial charge >= 0.3 is 5.97 Å². The van der Waals surface area contributed by atoms with Crippen molar-refractivity contribution in [2.75, 3.05) is 0 Å². The zero-order valence-electron chi connectivity index (χ0n) is 11.6. The molecule has 98 valence electrons. The zero-order valence-corrected chi connectivity index (χ0v) is 11.6. The van der Waals surface area contributed by atoms with E-state index in [-0.39, 0.29) is 11.6 Å². The Bertz CT molecular complexity index is 271. The lowest BCUT2D eigenvalue weighted by molar-refractivity contribution is -0.157. The quantitative estimate of drug-likeness (QED) is 0.543. The van der Waals surface area contributed by atoms with Crippen LogP contribution in [0.25, 0.3) is 0 Å². The number of ether oxygens (including phenoxy) is 1. The highest BCUT2D eigenvalue weighted by Crippen LogP contribution is 2.33. The van der Waals surface area contributed by atoms with Gasteiger partial charge in [0.25, 0.3) is 0 Å². The van der Waals surface area contributed by atoms with E-state index in [1.807, 2.05) is 13.8 Å². The molecule has 1 fully saturated rings. The van der Waals surface area contributed by atoms with Crippen molar-refractivity contribution in [3.63, 3.8) is 0 Å². The van der Waals surface area contributed by atoms with E-state index in [1.54, 1.807) is 6.92 Å². The molecule has 0 bridgehead atoms. The molecule has 0 N–H and O–H groups in total. The molecule has 1 aliphatic carbocycles. The normalized spacial score (nSPS) is 19.2. The van der Waals surface area contributed by atoms with Crippen LogP contribution in [0.15, 0.2) is 12.2 Å². The van der Waals surface area contributed by atoms with Crippen molar-refractivity contribution in [2.24, 2.45) is 5.92 Å². The topological polar surface area (TPSA) is 26.3 Å². The Morgan fingerprint density at radius 2 is 1.59 bits per heavy atom. The standard InChI is InChI=1S/C15H26O2/c1-12(2)14(16)17-15(3,4)13-10-8-6-5-7-9-11-13/h13H,1,5-11H2,2-4H3. The summed E-state index contributed by atoms with van der Waals surface area (Å²) in [7, 11) is 0. The predicted molar refractivity (Wildman–Crippen MR) is 70.8 cm³/mol. The van der Waals surface area contributed by atoms with E-state index in [2.05, 4.69) is 6.58 Å². The van der Waals surface area contributed by atoms with E-state index in [0.717, 1.165) is 0 Å². The van der Waals surface area contributed by atoms with Crippen LogP contribution >= 0.6 is 0 Å². The van der Waals surface area contributed by atoms with Crippen molar-refractivity contribution in [1.29, 1.82) is 0 Å². The van der Waals surface area contributed by atoms with Crippen molar-refractivity contribution in [3.8, 4) is 0 Å². The van der Waals surface area contributed by atoms with Gasteiger partial charge in [-0.1, -0.05) is 38.7 Å². The van der Waals surface area contributed by atoms with Crippen LogP contribution in [-0.2, 0) is 9.53 Å². The van der Waals surface area contributed by atoms with Crippen LogP contribution < -0.4 is 0 Å². The highest BCUT2D eigenvalue weighted by atomic mass is 16.6. The van der Waals surface area contributed by atoms with Gasteiger partial charge in [-0.25, -0.2) is 4.79 Å². The molecule has 0 saturated heterocycles. The summed E-state index contributed by atoms with van der Waals surface area (Å²) in [4.78, 5) is 11.6. The van der Waals surface area contributed by atoms with Crippen LogP contribution in [0.4, 0.5) is 0 Å². The van der Waals surface area contributed by atoms with Crippen LogP contribution in [-0.4, -0.2) is 11.6 Å². The highest BCUT2D eigenvalue weighted by molar-refractivity contribution is 5.87. The van der Waals surface area contributed by atoms with Crippen LogP contribution in [0, 0.1) is 5.92 Å². The number of hydrogen-bond acceptors (Lipinski definition) is 2. The molecule has 0 unspecified atom stereocenters. The first-order valence-electron chi connectivity index (χ1n) is 6.82. The first-order valence-corrected chi connectivity index (χ1v) is 6.82. The van der Waals surface area contributed by atoms with Gasteiger partial charge in [-0.05, 0) is 39.5 Å². The van der Waals surface area contributed by atoms with Gasteiger partial charge in [-0.2, -0.15) is 0 Å². The lowest BCUT2D eigenvalue weighted by Crippen LogP contribution is -2.37. The van der Waals surface area contributed by atoms with Crippen LogP contribution in [0.2, 0.25) is 0 Å². The lowest BCUT2D eigenvalue weighted by Gasteiger charge is -2.35. The second-order valence-electron chi connectivity index (χ2n) is 5.82. The average Bonchev–Trinajstić information content (AvgIpc) is 2.14. The third kappa shape index (κ3) is 4.53. The van der Waals surface area contributed by atoms with Crippen molar-refractivity contribution >= 4 is 5.97 Å². The van der Waals surface area contributed by atoms with Gasteiger partial charge in [0.05, 0.1) is 0 Å². The van der Waals surface area contributed by atoms with Crippen molar-refractivity contribution in [1.82, 2.24) is 0 Å². The summed E-state index contributed by atoms with van der Waals surface area (Å²) in [6.45, 7) is 9.43. The minimum atomic E-state index is -0.354. The van der Waals surface area contributed by atoms with Gasteiger partial charge in [0.1, 0.15) is 5.60 Å². The lowest BCUT2D eigenvalue weighted by atomic mass is 9.80. The Labute approximate surface area is 105 Å². The second kappa shape index (κ2) is 6.23. The molecule has 17 heavy (non-hydrogen) atoms. The molecular formula is C15H26O2. The average molecular weight is 238 g/mol. The summed E-state index contributed by atoms with van der Waals surface area (Å²) < 4.78 is 5.60. The number of esters is 1. The SMILES string of the molecule is C=C(C)C(=O)OC(C)(C)C1CCCCCCC1. The molecule has 1 saturated carbocycles. The maximum atomic E-state index is 11.6. The van der Waals surface area contributed by atoms with Gasteiger partial charge in [0.2, 0.25) is 0 Å². The molecular weight excluding hydrogens is 212 g/mol. The van der Waals surface area contributed by atoms with Crippen molar-refractivity contribution in [2.45, 2.75) is 71.3 Å². The summed E-state index contributed by atoms with van der Waals surface area (Å²) in [6.07, 6.45) is 8.88. The van der Waals surface area contributed by atoms with E-state index >= 15 is 0 Å². The molecule has 0 aromatic rings. The van der Waals surface area contributed by atoms with Crippen LogP contribution in [0.3, 0.4) is 0 Å². The first kappa shape index (κ1) is 14.3. The fourth-order valence-electron chi connectivity index (χ4n) is 2.56. The van der Waals surface area contributed by atoms with Crippen molar-refractivity contribution in [3.05, 3.63) is 12.2 Å². The summed E-state index contributed by atoms with van der Waals surface area (Å²) in [6, 6.07) is 0. The van der Waals surface area contributed by atoms with Crippen LogP contribution in [0.1, 0.15) is 65.7 Å². The maximum absolute atomic E-state index is 11.6. The fourth-order valence-corrected chi connectivity index (χ4v) is 2.56. The molecule has 2 nitrogen and oxygen atoms in total. The molecule has 0 aromatic carbocycles. The van der Waals surface area contributed by atoms with Gasteiger partial charge in [0.15, 0.2) is 0 Å². The predicted octanol–water partition coefficient (Wildman–Crippen LogP) is 4.24. The molecule has 2 heteroatoms. The Kier molecular flexibility index (Phi) is 5.23. The summed E-state index contributed by atoms with van der Waals surface area (Å²) in [5, 5.41) is 0. The van der Waals surface area contributed by atoms with E-state index in [9.17, 15) is 4.79 Å². The number of hydrogen-bond donors (Lipinski definition) is 0. The minimum Gasteiger partial charge on any atom is -0.456 e. The second-order valence-corrected chi connectivity index (χ2v) is 5.82. The maximum Gasteiger partial charge on any atom is 0.333 e. The van der Waals surface area contributed by atoms with E-state index in [4.69, 9.17) is 4.74 Å². The van der Waals surface area contributed by atoms with E-state index in [0.29, 0.717) is 11.5 Å². The monoisotopic (exact) mass is 238 g/mol. The Balaban J connectivity index is 2.59. The molecule has 0 radical (unpaired) electrons. The first-order chi connectivity index (χ1) is 7.93. The zero-order chi connectivity index (χ0) is 12.9. The Morgan fingerprint density at radius 1 is 1.12 bits per heavy atom. The molecule has 0 spiro atoms.